The predicted octanol–water partition coefficient (Wildman–Crippen LogP) is 0.0921. The van der Waals surface area contributed by atoms with Crippen molar-refractivity contribution in [2.45, 2.75) is 37.2 Å². The first-order chi connectivity index (χ1) is 9.37. The van der Waals surface area contributed by atoms with Gasteiger partial charge in [-0.05, 0) is 37.0 Å². The molecule has 1 atom stereocenters. The first kappa shape index (κ1) is 15.0. The molecule has 1 aromatic carbocycles. The fraction of sp³-hybridized carbons (Fsp3) is 0.462. The number of carbonyl (C=O) groups excluding carboxylic acids is 1. The lowest BCUT2D eigenvalue weighted by molar-refractivity contribution is -0.121. The molecule has 2 rings (SSSR count). The van der Waals surface area contributed by atoms with Crippen molar-refractivity contribution in [2.75, 3.05) is 6.54 Å². The molecule has 1 aliphatic heterocycles. The van der Waals surface area contributed by atoms with Gasteiger partial charge in [0.2, 0.25) is 15.9 Å². The van der Waals surface area contributed by atoms with E-state index in [0.717, 1.165) is 5.56 Å². The van der Waals surface area contributed by atoms with E-state index in [2.05, 4.69) is 0 Å². The van der Waals surface area contributed by atoms with Gasteiger partial charge in [0.1, 0.15) is 6.04 Å². The zero-order chi connectivity index (χ0) is 14.9. The summed E-state index contributed by atoms with van der Waals surface area (Å²) in [5.74, 6) is -0.595. The second-order valence-corrected chi connectivity index (χ2v) is 6.84. The summed E-state index contributed by atoms with van der Waals surface area (Å²) in [5, 5.41) is 0. The molecule has 0 bridgehead atoms. The van der Waals surface area contributed by atoms with Crippen LogP contribution in [0.3, 0.4) is 0 Å². The van der Waals surface area contributed by atoms with Crippen LogP contribution in [0.2, 0.25) is 0 Å². The first-order valence-electron chi connectivity index (χ1n) is 6.48. The molecule has 1 aliphatic rings. The van der Waals surface area contributed by atoms with Gasteiger partial charge in [0.05, 0.1) is 4.90 Å². The van der Waals surface area contributed by atoms with Crippen LogP contribution in [0.4, 0.5) is 0 Å². The SMILES string of the molecule is Cc1cc(CN)ccc1S(=O)(=O)N1CCCC1C(N)=O. The lowest BCUT2D eigenvalue weighted by Gasteiger charge is -2.22. The number of hydrogen-bond donors (Lipinski definition) is 2. The summed E-state index contributed by atoms with van der Waals surface area (Å²) in [6.07, 6.45) is 1.13. The summed E-state index contributed by atoms with van der Waals surface area (Å²) < 4.78 is 26.5. The molecule has 0 aromatic heterocycles. The highest BCUT2D eigenvalue weighted by Crippen LogP contribution is 2.28. The van der Waals surface area contributed by atoms with Gasteiger partial charge >= 0.3 is 0 Å². The summed E-state index contributed by atoms with van der Waals surface area (Å²) in [7, 11) is -3.70. The number of carbonyl (C=O) groups is 1. The third kappa shape index (κ3) is 2.56. The Morgan fingerprint density at radius 2 is 2.15 bits per heavy atom. The number of amides is 1. The van der Waals surface area contributed by atoms with Crippen molar-refractivity contribution in [1.29, 1.82) is 0 Å². The molecule has 0 spiro atoms. The Kier molecular flexibility index (Phi) is 4.12. The van der Waals surface area contributed by atoms with Gasteiger partial charge in [0.25, 0.3) is 0 Å². The maximum absolute atomic E-state index is 12.7. The number of rotatable bonds is 4. The van der Waals surface area contributed by atoms with Crippen molar-refractivity contribution in [1.82, 2.24) is 4.31 Å². The van der Waals surface area contributed by atoms with E-state index in [-0.39, 0.29) is 4.90 Å². The summed E-state index contributed by atoms with van der Waals surface area (Å²) in [6.45, 7) is 2.41. The van der Waals surface area contributed by atoms with Crippen LogP contribution < -0.4 is 11.5 Å². The Labute approximate surface area is 118 Å². The minimum absolute atomic E-state index is 0.211. The molecule has 1 saturated heterocycles. The average Bonchev–Trinajstić information content (AvgIpc) is 2.88. The summed E-state index contributed by atoms with van der Waals surface area (Å²) >= 11 is 0. The Morgan fingerprint density at radius 1 is 1.45 bits per heavy atom. The van der Waals surface area contributed by atoms with Gasteiger partial charge in [-0.2, -0.15) is 4.31 Å². The van der Waals surface area contributed by atoms with Gasteiger partial charge in [-0.25, -0.2) is 8.42 Å². The van der Waals surface area contributed by atoms with E-state index in [1.165, 1.54) is 4.31 Å². The molecule has 6 nitrogen and oxygen atoms in total. The van der Waals surface area contributed by atoms with Crippen LogP contribution in [0.25, 0.3) is 0 Å². The van der Waals surface area contributed by atoms with E-state index in [4.69, 9.17) is 11.5 Å². The van der Waals surface area contributed by atoms with Crippen LogP contribution in [-0.2, 0) is 21.4 Å². The molecule has 20 heavy (non-hydrogen) atoms. The highest BCUT2D eigenvalue weighted by atomic mass is 32.2. The van der Waals surface area contributed by atoms with E-state index in [9.17, 15) is 13.2 Å². The number of aryl methyl sites for hydroxylation is 1. The highest BCUT2D eigenvalue weighted by molar-refractivity contribution is 7.89. The number of primary amides is 1. The normalized spacial score (nSPS) is 20.2. The number of nitrogens with two attached hydrogens (primary N) is 2. The molecule has 0 saturated carbocycles. The Morgan fingerprint density at radius 3 is 2.70 bits per heavy atom. The summed E-state index contributed by atoms with van der Waals surface area (Å²) in [5.41, 5.74) is 12.3. The fourth-order valence-electron chi connectivity index (χ4n) is 2.57. The van der Waals surface area contributed by atoms with Crippen molar-refractivity contribution in [3.05, 3.63) is 29.3 Å². The van der Waals surface area contributed by atoms with Gasteiger partial charge in [-0.1, -0.05) is 12.1 Å². The van der Waals surface area contributed by atoms with Gasteiger partial charge in [-0.15, -0.1) is 0 Å². The van der Waals surface area contributed by atoms with Crippen LogP contribution in [0.15, 0.2) is 23.1 Å². The molecule has 1 aromatic rings. The van der Waals surface area contributed by atoms with Crippen LogP contribution in [-0.4, -0.2) is 31.2 Å². The van der Waals surface area contributed by atoms with Crippen molar-refractivity contribution >= 4 is 15.9 Å². The zero-order valence-corrected chi connectivity index (χ0v) is 12.2. The molecule has 7 heteroatoms. The average molecular weight is 297 g/mol. The second-order valence-electron chi connectivity index (χ2n) is 4.98. The molecule has 4 N–H and O–H groups in total. The molecule has 0 aliphatic carbocycles. The van der Waals surface area contributed by atoms with E-state index in [0.29, 0.717) is 31.5 Å². The van der Waals surface area contributed by atoms with Crippen LogP contribution >= 0.6 is 0 Å². The van der Waals surface area contributed by atoms with Gasteiger partial charge < -0.3 is 11.5 Å². The maximum atomic E-state index is 12.7. The van der Waals surface area contributed by atoms with E-state index in [1.54, 1.807) is 25.1 Å². The van der Waals surface area contributed by atoms with E-state index < -0.39 is 22.0 Å². The van der Waals surface area contributed by atoms with Crippen molar-refractivity contribution in [3.63, 3.8) is 0 Å². The molecule has 110 valence electrons. The lowest BCUT2D eigenvalue weighted by atomic mass is 10.1. The third-order valence-electron chi connectivity index (χ3n) is 3.59. The van der Waals surface area contributed by atoms with Gasteiger partial charge in [0.15, 0.2) is 0 Å². The molecule has 0 radical (unpaired) electrons. The zero-order valence-electron chi connectivity index (χ0n) is 11.4. The Bertz CT molecular complexity index is 628. The molecular weight excluding hydrogens is 278 g/mol. The minimum Gasteiger partial charge on any atom is -0.368 e. The monoisotopic (exact) mass is 297 g/mol. The highest BCUT2D eigenvalue weighted by Gasteiger charge is 2.38. The maximum Gasteiger partial charge on any atom is 0.244 e. The minimum atomic E-state index is -3.70. The number of benzene rings is 1. The summed E-state index contributed by atoms with van der Waals surface area (Å²) in [4.78, 5) is 11.6. The van der Waals surface area contributed by atoms with Crippen LogP contribution in [0, 0.1) is 6.92 Å². The predicted molar refractivity (Wildman–Crippen MR) is 75.2 cm³/mol. The Hall–Kier alpha value is -1.44. The fourth-order valence-corrected chi connectivity index (χ4v) is 4.44. The largest absolute Gasteiger partial charge is 0.368 e. The number of hydrogen-bond acceptors (Lipinski definition) is 4. The number of sulfonamides is 1. The molecule has 1 amide bonds. The smallest absolute Gasteiger partial charge is 0.244 e. The molecule has 1 unspecified atom stereocenters. The third-order valence-corrected chi connectivity index (χ3v) is 5.66. The topological polar surface area (TPSA) is 106 Å². The second kappa shape index (κ2) is 5.51. The van der Waals surface area contributed by atoms with Gasteiger partial charge in [0, 0.05) is 13.1 Å². The standard InChI is InChI=1S/C13H19N3O3S/c1-9-7-10(8-14)4-5-12(9)20(18,19)16-6-2-3-11(16)13(15)17/h4-5,7,11H,2-3,6,8,14H2,1H3,(H2,15,17). The van der Waals surface area contributed by atoms with E-state index in [1.807, 2.05) is 0 Å². The van der Waals surface area contributed by atoms with Crippen molar-refractivity contribution < 1.29 is 13.2 Å². The lowest BCUT2D eigenvalue weighted by Crippen LogP contribution is -2.43. The van der Waals surface area contributed by atoms with E-state index >= 15 is 0 Å². The number of nitrogens with zero attached hydrogens (tertiary/aromatic N) is 1. The molecule has 1 fully saturated rings. The van der Waals surface area contributed by atoms with Crippen LogP contribution in [0.1, 0.15) is 24.0 Å². The quantitative estimate of drug-likeness (QED) is 0.821. The summed E-state index contributed by atoms with van der Waals surface area (Å²) in [6, 6.07) is 4.24. The van der Waals surface area contributed by atoms with Crippen molar-refractivity contribution in [2.24, 2.45) is 11.5 Å². The first-order valence-corrected chi connectivity index (χ1v) is 7.92. The molecular formula is C13H19N3O3S. The Balaban J connectivity index is 2.42. The molecule has 1 heterocycles. The van der Waals surface area contributed by atoms with Crippen molar-refractivity contribution in [3.8, 4) is 0 Å². The van der Waals surface area contributed by atoms with Crippen LogP contribution in [0.5, 0.6) is 0 Å². The van der Waals surface area contributed by atoms with Gasteiger partial charge in [-0.3, -0.25) is 4.79 Å².